The Labute approximate surface area is 156 Å². The van der Waals surface area contributed by atoms with Crippen LogP contribution in [0.3, 0.4) is 0 Å². The molecule has 132 valence electrons. The molecule has 3 rings (SSSR count). The van der Waals surface area contributed by atoms with Gasteiger partial charge < -0.3 is 14.4 Å². The van der Waals surface area contributed by atoms with E-state index in [1.54, 1.807) is 31.9 Å². The van der Waals surface area contributed by atoms with Crippen molar-refractivity contribution in [1.82, 2.24) is 9.97 Å². The van der Waals surface area contributed by atoms with Gasteiger partial charge in [-0.25, -0.2) is 9.97 Å². The van der Waals surface area contributed by atoms with Crippen LogP contribution in [0.25, 0.3) is 21.3 Å². The Balaban J connectivity index is 2.07. The van der Waals surface area contributed by atoms with Crippen molar-refractivity contribution in [1.29, 1.82) is 0 Å². The second kappa shape index (κ2) is 8.58. The van der Waals surface area contributed by atoms with Gasteiger partial charge in [-0.2, -0.15) is 0 Å². The summed E-state index contributed by atoms with van der Waals surface area (Å²) in [6.07, 6.45) is 1.62. The quantitative estimate of drug-likeness (QED) is 0.591. The molecule has 0 aliphatic rings. The summed E-state index contributed by atoms with van der Waals surface area (Å²) in [4.78, 5) is 12.2. The highest BCUT2D eigenvalue weighted by Crippen LogP contribution is 2.38. The van der Waals surface area contributed by atoms with Gasteiger partial charge in [0.2, 0.25) is 0 Å². The third-order valence-electron chi connectivity index (χ3n) is 3.94. The maximum Gasteiger partial charge on any atom is 0.141 e. The molecule has 0 saturated carbocycles. The predicted molar refractivity (Wildman–Crippen MR) is 104 cm³/mol. The lowest BCUT2D eigenvalue weighted by atomic mass is 10.1. The Kier molecular flexibility index (Phi) is 6.20. The van der Waals surface area contributed by atoms with Crippen LogP contribution in [0.15, 0.2) is 36.0 Å². The summed E-state index contributed by atoms with van der Waals surface area (Å²) in [5.41, 5.74) is 2.22. The molecule has 0 radical (unpaired) electrons. The zero-order valence-electron chi connectivity index (χ0n) is 14.2. The van der Waals surface area contributed by atoms with Crippen molar-refractivity contribution >= 4 is 39.0 Å². The SMILES string of the molecule is COCCN(CCOC)c1ncnc2scc(-c3ccc(Cl)cc3)c12. The maximum absolute atomic E-state index is 6.03. The van der Waals surface area contributed by atoms with Gasteiger partial charge in [0.25, 0.3) is 0 Å². The van der Waals surface area contributed by atoms with Crippen LogP contribution in [0.2, 0.25) is 5.02 Å². The van der Waals surface area contributed by atoms with E-state index in [1.165, 1.54) is 0 Å². The smallest absolute Gasteiger partial charge is 0.141 e. The molecule has 2 aromatic heterocycles. The largest absolute Gasteiger partial charge is 0.383 e. The van der Waals surface area contributed by atoms with E-state index >= 15 is 0 Å². The minimum Gasteiger partial charge on any atom is -0.383 e. The Morgan fingerprint density at radius 2 is 1.72 bits per heavy atom. The topological polar surface area (TPSA) is 47.5 Å². The van der Waals surface area contributed by atoms with Crippen molar-refractivity contribution in [2.75, 3.05) is 45.4 Å². The van der Waals surface area contributed by atoms with E-state index in [-0.39, 0.29) is 0 Å². The van der Waals surface area contributed by atoms with Crippen molar-refractivity contribution in [3.8, 4) is 11.1 Å². The Morgan fingerprint density at radius 3 is 2.36 bits per heavy atom. The lowest BCUT2D eigenvalue weighted by Crippen LogP contribution is -2.31. The third-order valence-corrected chi connectivity index (χ3v) is 5.07. The van der Waals surface area contributed by atoms with Crippen LogP contribution in [0.1, 0.15) is 0 Å². The van der Waals surface area contributed by atoms with E-state index in [2.05, 4.69) is 20.2 Å². The second-order valence-electron chi connectivity index (χ2n) is 5.51. The van der Waals surface area contributed by atoms with Gasteiger partial charge in [-0.15, -0.1) is 11.3 Å². The molecule has 7 heteroatoms. The normalized spacial score (nSPS) is 11.2. The molecule has 5 nitrogen and oxygen atoms in total. The molecule has 1 aromatic carbocycles. The number of thiophene rings is 1. The van der Waals surface area contributed by atoms with Gasteiger partial charge in [-0.05, 0) is 17.7 Å². The Morgan fingerprint density at radius 1 is 1.04 bits per heavy atom. The zero-order chi connectivity index (χ0) is 17.6. The summed E-state index contributed by atoms with van der Waals surface area (Å²) in [7, 11) is 3.40. The molecule has 0 amide bonds. The van der Waals surface area contributed by atoms with Crippen molar-refractivity contribution in [3.05, 3.63) is 41.0 Å². The van der Waals surface area contributed by atoms with E-state index < -0.39 is 0 Å². The minimum absolute atomic E-state index is 0.621. The number of fused-ring (bicyclic) bond motifs is 1. The fourth-order valence-corrected chi connectivity index (χ4v) is 3.70. The average Bonchev–Trinajstić information content (AvgIpc) is 3.07. The highest BCUT2D eigenvalue weighted by Gasteiger charge is 2.17. The van der Waals surface area contributed by atoms with Crippen molar-refractivity contribution in [3.63, 3.8) is 0 Å². The number of hydrogen-bond acceptors (Lipinski definition) is 6. The molecule has 0 spiro atoms. The van der Waals surface area contributed by atoms with E-state index in [4.69, 9.17) is 21.1 Å². The van der Waals surface area contributed by atoms with Crippen LogP contribution >= 0.6 is 22.9 Å². The number of ether oxygens (including phenoxy) is 2. The van der Waals surface area contributed by atoms with Crippen LogP contribution in [-0.2, 0) is 9.47 Å². The first-order valence-corrected chi connectivity index (χ1v) is 9.21. The fraction of sp³-hybridized carbons (Fsp3) is 0.333. The van der Waals surface area contributed by atoms with E-state index in [0.717, 1.165) is 45.3 Å². The maximum atomic E-state index is 6.03. The van der Waals surface area contributed by atoms with Crippen molar-refractivity contribution in [2.24, 2.45) is 0 Å². The number of nitrogens with zero attached hydrogens (tertiary/aromatic N) is 3. The summed E-state index contributed by atoms with van der Waals surface area (Å²) in [5.74, 6) is 0.908. The molecular formula is C18H20ClN3O2S. The standard InChI is InChI=1S/C18H20ClN3O2S/c1-23-9-7-22(8-10-24-2)17-16-15(11-25-18(16)21-12-20-17)13-3-5-14(19)6-4-13/h3-6,11-12H,7-10H2,1-2H3. The first kappa shape index (κ1) is 18.1. The summed E-state index contributed by atoms with van der Waals surface area (Å²) in [6.45, 7) is 2.72. The molecule has 0 aliphatic carbocycles. The van der Waals surface area contributed by atoms with Gasteiger partial charge >= 0.3 is 0 Å². The first-order chi connectivity index (χ1) is 12.2. The van der Waals surface area contributed by atoms with E-state index in [0.29, 0.717) is 13.2 Å². The monoisotopic (exact) mass is 377 g/mol. The molecule has 0 bridgehead atoms. The van der Waals surface area contributed by atoms with Crippen LogP contribution in [0.4, 0.5) is 5.82 Å². The molecule has 0 N–H and O–H groups in total. The average molecular weight is 378 g/mol. The lowest BCUT2D eigenvalue weighted by molar-refractivity contribution is 0.190. The highest BCUT2D eigenvalue weighted by atomic mass is 35.5. The first-order valence-electron chi connectivity index (χ1n) is 7.95. The van der Waals surface area contributed by atoms with Crippen LogP contribution in [-0.4, -0.2) is 50.5 Å². The lowest BCUT2D eigenvalue weighted by Gasteiger charge is -2.24. The summed E-state index contributed by atoms with van der Waals surface area (Å²) < 4.78 is 10.5. The molecule has 25 heavy (non-hydrogen) atoms. The van der Waals surface area contributed by atoms with Gasteiger partial charge in [0.15, 0.2) is 0 Å². The number of halogens is 1. The number of aromatic nitrogens is 2. The Hall–Kier alpha value is -1.73. The summed E-state index contributed by atoms with van der Waals surface area (Å²) in [5, 5.41) is 3.90. The molecular weight excluding hydrogens is 358 g/mol. The second-order valence-corrected chi connectivity index (χ2v) is 6.80. The molecule has 0 fully saturated rings. The molecule has 0 atom stereocenters. The highest BCUT2D eigenvalue weighted by molar-refractivity contribution is 7.17. The number of hydrogen-bond donors (Lipinski definition) is 0. The van der Waals surface area contributed by atoms with Crippen LogP contribution in [0, 0.1) is 0 Å². The van der Waals surface area contributed by atoms with E-state index in [1.807, 2.05) is 24.3 Å². The van der Waals surface area contributed by atoms with Gasteiger partial charge in [0.1, 0.15) is 17.0 Å². The van der Waals surface area contributed by atoms with Crippen LogP contribution < -0.4 is 4.90 Å². The molecule has 2 heterocycles. The summed E-state index contributed by atoms with van der Waals surface area (Å²) in [6, 6.07) is 7.85. The van der Waals surface area contributed by atoms with Gasteiger partial charge in [0.05, 0.1) is 18.6 Å². The van der Waals surface area contributed by atoms with Crippen LogP contribution in [0.5, 0.6) is 0 Å². The molecule has 0 aliphatic heterocycles. The predicted octanol–water partition coefficient (Wildman–Crippen LogP) is 4.11. The number of anilines is 1. The van der Waals surface area contributed by atoms with Crippen molar-refractivity contribution < 1.29 is 9.47 Å². The van der Waals surface area contributed by atoms with E-state index in [9.17, 15) is 0 Å². The molecule has 3 aromatic rings. The molecule has 0 saturated heterocycles. The number of rotatable bonds is 8. The molecule has 0 unspecified atom stereocenters. The Bertz CT molecular complexity index is 815. The van der Waals surface area contributed by atoms with Crippen molar-refractivity contribution in [2.45, 2.75) is 0 Å². The zero-order valence-corrected chi connectivity index (χ0v) is 15.8. The minimum atomic E-state index is 0.621. The van der Waals surface area contributed by atoms with Gasteiger partial charge in [-0.1, -0.05) is 23.7 Å². The third kappa shape index (κ3) is 4.10. The fourth-order valence-electron chi connectivity index (χ4n) is 2.67. The van der Waals surface area contributed by atoms with Gasteiger partial charge in [-0.3, -0.25) is 0 Å². The summed E-state index contributed by atoms with van der Waals surface area (Å²) >= 11 is 7.65. The van der Waals surface area contributed by atoms with Gasteiger partial charge in [0, 0.05) is 43.3 Å². The number of benzene rings is 1. The number of methoxy groups -OCH3 is 2.